The van der Waals surface area contributed by atoms with Crippen LogP contribution in [0.15, 0.2) is 24.4 Å². The van der Waals surface area contributed by atoms with Crippen LogP contribution in [0, 0.1) is 5.82 Å². The highest BCUT2D eigenvalue weighted by Gasteiger charge is 2.17. The smallest absolute Gasteiger partial charge is 0.147 e. The maximum absolute atomic E-state index is 13.9. The fourth-order valence-electron chi connectivity index (χ4n) is 2.10. The Morgan fingerprint density at radius 2 is 2.12 bits per heavy atom. The Bertz CT molecular complexity index is 533. The molecule has 0 saturated carbocycles. The van der Waals surface area contributed by atoms with E-state index in [0.717, 1.165) is 10.9 Å². The Balaban J connectivity index is 2.75. The highest BCUT2D eigenvalue weighted by Crippen LogP contribution is 2.29. The average molecular weight is 236 g/mol. The first-order chi connectivity index (χ1) is 8.06. The summed E-state index contributed by atoms with van der Waals surface area (Å²) in [5.41, 5.74) is 7.18. The first kappa shape index (κ1) is 12.1. The number of rotatable bonds is 3. The third kappa shape index (κ3) is 1.94. The number of halogens is 1. The van der Waals surface area contributed by atoms with Crippen molar-refractivity contribution >= 4 is 10.9 Å². The minimum Gasteiger partial charge on any atom is -0.394 e. The number of hydrogen-bond acceptors (Lipinski definition) is 2. The van der Waals surface area contributed by atoms with Gasteiger partial charge in [-0.1, -0.05) is 12.1 Å². The summed E-state index contributed by atoms with van der Waals surface area (Å²) in [5.74, 6) is -0.257. The van der Waals surface area contributed by atoms with Gasteiger partial charge in [0.15, 0.2) is 0 Å². The second-order valence-electron chi connectivity index (χ2n) is 4.51. The Hall–Kier alpha value is -1.39. The molecule has 3 nitrogen and oxygen atoms in total. The van der Waals surface area contributed by atoms with Crippen LogP contribution in [0.5, 0.6) is 0 Å². The molecular weight excluding hydrogens is 219 g/mol. The molecule has 4 heteroatoms. The molecule has 3 N–H and O–H groups in total. The minimum absolute atomic E-state index is 0.145. The van der Waals surface area contributed by atoms with E-state index in [4.69, 9.17) is 10.8 Å². The summed E-state index contributed by atoms with van der Waals surface area (Å²) in [7, 11) is 0. The van der Waals surface area contributed by atoms with E-state index >= 15 is 0 Å². The van der Waals surface area contributed by atoms with Crippen molar-refractivity contribution < 1.29 is 9.50 Å². The van der Waals surface area contributed by atoms with Gasteiger partial charge in [0.2, 0.25) is 0 Å². The Labute approximate surface area is 99.7 Å². The number of aliphatic hydroxyl groups excluding tert-OH is 1. The number of fused-ring (bicyclic) bond motifs is 1. The zero-order valence-electron chi connectivity index (χ0n) is 10.0. The molecule has 0 fully saturated rings. The lowest BCUT2D eigenvalue weighted by atomic mass is 10.1. The first-order valence-corrected chi connectivity index (χ1v) is 5.71. The second kappa shape index (κ2) is 4.47. The minimum atomic E-state index is -0.473. The van der Waals surface area contributed by atoms with Crippen LogP contribution in [-0.4, -0.2) is 16.3 Å². The van der Waals surface area contributed by atoms with Crippen LogP contribution in [0.1, 0.15) is 31.5 Å². The number of aliphatic hydroxyl groups is 1. The van der Waals surface area contributed by atoms with Crippen LogP contribution in [0.2, 0.25) is 0 Å². The molecule has 1 aromatic heterocycles. The maximum atomic E-state index is 13.9. The van der Waals surface area contributed by atoms with Crippen LogP contribution in [0.25, 0.3) is 10.9 Å². The fourth-order valence-corrected chi connectivity index (χ4v) is 2.10. The van der Waals surface area contributed by atoms with E-state index in [1.807, 2.05) is 30.7 Å². The zero-order valence-corrected chi connectivity index (χ0v) is 10.0. The van der Waals surface area contributed by atoms with Gasteiger partial charge in [-0.3, -0.25) is 0 Å². The molecule has 2 rings (SSSR count). The third-order valence-corrected chi connectivity index (χ3v) is 2.99. The molecule has 0 aliphatic carbocycles. The number of nitrogens with two attached hydrogens (primary N) is 1. The van der Waals surface area contributed by atoms with Gasteiger partial charge in [-0.05, 0) is 25.5 Å². The molecule has 0 amide bonds. The lowest BCUT2D eigenvalue weighted by Crippen LogP contribution is -2.14. The summed E-state index contributed by atoms with van der Waals surface area (Å²) in [6.45, 7) is 3.83. The molecule has 1 atom stereocenters. The molecule has 0 saturated heterocycles. The molecule has 1 heterocycles. The van der Waals surface area contributed by atoms with Gasteiger partial charge in [-0.25, -0.2) is 4.39 Å². The van der Waals surface area contributed by atoms with Crippen molar-refractivity contribution in [2.24, 2.45) is 5.73 Å². The van der Waals surface area contributed by atoms with Crippen LogP contribution in [-0.2, 0) is 0 Å². The highest BCUT2D eigenvalue weighted by molar-refractivity contribution is 5.85. The van der Waals surface area contributed by atoms with Crippen LogP contribution < -0.4 is 5.73 Å². The topological polar surface area (TPSA) is 51.2 Å². The highest BCUT2D eigenvalue weighted by atomic mass is 19.1. The molecule has 17 heavy (non-hydrogen) atoms. The van der Waals surface area contributed by atoms with E-state index in [9.17, 15) is 4.39 Å². The monoisotopic (exact) mass is 236 g/mol. The fraction of sp³-hybridized carbons (Fsp3) is 0.385. The molecule has 0 bridgehead atoms. The van der Waals surface area contributed by atoms with E-state index < -0.39 is 6.04 Å². The summed E-state index contributed by atoms with van der Waals surface area (Å²) in [6, 6.07) is 4.61. The van der Waals surface area contributed by atoms with Crippen molar-refractivity contribution in [3.05, 3.63) is 35.8 Å². The Kier molecular flexibility index (Phi) is 3.17. The number of hydrogen-bond donors (Lipinski definition) is 2. The van der Waals surface area contributed by atoms with Crippen molar-refractivity contribution in [3.8, 4) is 0 Å². The molecule has 2 aromatic rings. The lowest BCUT2D eigenvalue weighted by Gasteiger charge is -2.09. The number of para-hydroxylation sites is 1. The van der Waals surface area contributed by atoms with Crippen LogP contribution in [0.3, 0.4) is 0 Å². The standard InChI is InChI=1S/C13H17FN2O/c1-8(2)16-6-10(12(15)7-17)9-4-3-5-11(14)13(9)16/h3-6,8,12,17H,7,15H2,1-2H3. The molecule has 0 radical (unpaired) electrons. The van der Waals surface area contributed by atoms with Crippen molar-refractivity contribution in [2.45, 2.75) is 25.9 Å². The SMILES string of the molecule is CC(C)n1cc(C(N)CO)c2cccc(F)c21. The van der Waals surface area contributed by atoms with E-state index in [-0.39, 0.29) is 18.5 Å². The normalized spacial score (nSPS) is 13.5. The van der Waals surface area contributed by atoms with Crippen molar-refractivity contribution in [1.82, 2.24) is 4.57 Å². The molecule has 1 aromatic carbocycles. The average Bonchev–Trinajstić information content (AvgIpc) is 2.69. The summed E-state index contributed by atoms with van der Waals surface area (Å²) >= 11 is 0. The van der Waals surface area contributed by atoms with Crippen molar-refractivity contribution in [1.29, 1.82) is 0 Å². The molecule has 1 unspecified atom stereocenters. The van der Waals surface area contributed by atoms with Crippen LogP contribution >= 0.6 is 0 Å². The summed E-state index contributed by atoms with van der Waals surface area (Å²) < 4.78 is 15.7. The molecule has 92 valence electrons. The summed E-state index contributed by atoms with van der Waals surface area (Å²) in [5, 5.41) is 9.91. The van der Waals surface area contributed by atoms with Gasteiger partial charge in [0.25, 0.3) is 0 Å². The number of nitrogens with zero attached hydrogens (tertiary/aromatic N) is 1. The zero-order chi connectivity index (χ0) is 12.6. The number of aromatic nitrogens is 1. The van der Waals surface area contributed by atoms with Gasteiger partial charge < -0.3 is 15.4 Å². The van der Waals surface area contributed by atoms with E-state index in [2.05, 4.69) is 0 Å². The maximum Gasteiger partial charge on any atom is 0.147 e. The van der Waals surface area contributed by atoms with Gasteiger partial charge in [-0.15, -0.1) is 0 Å². The third-order valence-electron chi connectivity index (χ3n) is 2.99. The lowest BCUT2D eigenvalue weighted by molar-refractivity contribution is 0.268. The van der Waals surface area contributed by atoms with Gasteiger partial charge in [0, 0.05) is 17.6 Å². The van der Waals surface area contributed by atoms with Gasteiger partial charge >= 0.3 is 0 Å². The summed E-state index contributed by atoms with van der Waals surface area (Å²) in [4.78, 5) is 0. The first-order valence-electron chi connectivity index (χ1n) is 5.71. The van der Waals surface area contributed by atoms with Gasteiger partial charge in [0.05, 0.1) is 18.2 Å². The van der Waals surface area contributed by atoms with E-state index in [0.29, 0.717) is 5.52 Å². The van der Waals surface area contributed by atoms with Crippen molar-refractivity contribution in [3.63, 3.8) is 0 Å². The second-order valence-corrected chi connectivity index (χ2v) is 4.51. The predicted octanol–water partition coefficient (Wildman–Crippen LogP) is 2.35. The van der Waals surface area contributed by atoms with Gasteiger partial charge in [0.1, 0.15) is 5.82 Å². The predicted molar refractivity (Wildman–Crippen MR) is 66.3 cm³/mol. The summed E-state index contributed by atoms with van der Waals surface area (Å²) in [6.07, 6.45) is 1.83. The molecule has 0 spiro atoms. The number of benzene rings is 1. The van der Waals surface area contributed by atoms with Crippen molar-refractivity contribution in [2.75, 3.05) is 6.61 Å². The molecule has 0 aliphatic heterocycles. The van der Waals surface area contributed by atoms with Crippen LogP contribution in [0.4, 0.5) is 4.39 Å². The molecule has 0 aliphatic rings. The Morgan fingerprint density at radius 1 is 1.41 bits per heavy atom. The molecular formula is C13H17FN2O. The quantitative estimate of drug-likeness (QED) is 0.859. The Morgan fingerprint density at radius 3 is 2.71 bits per heavy atom. The van der Waals surface area contributed by atoms with E-state index in [1.165, 1.54) is 6.07 Å². The largest absolute Gasteiger partial charge is 0.394 e. The van der Waals surface area contributed by atoms with Gasteiger partial charge in [-0.2, -0.15) is 0 Å². The van der Waals surface area contributed by atoms with E-state index in [1.54, 1.807) is 6.07 Å².